The fourth-order valence-electron chi connectivity index (χ4n) is 3.02. The lowest BCUT2D eigenvalue weighted by atomic mass is 10.1. The van der Waals surface area contributed by atoms with E-state index in [4.69, 9.17) is 0 Å². The third-order valence-electron chi connectivity index (χ3n) is 4.34. The monoisotopic (exact) mass is 334 g/mol. The maximum atomic E-state index is 13.7. The van der Waals surface area contributed by atoms with Crippen molar-refractivity contribution in [1.29, 1.82) is 0 Å². The Morgan fingerprint density at radius 3 is 2.42 bits per heavy atom. The Morgan fingerprint density at radius 1 is 1.00 bits per heavy atom. The third-order valence-corrected chi connectivity index (χ3v) is 4.34. The zero-order valence-electron chi connectivity index (χ0n) is 13.2. The van der Waals surface area contributed by atoms with Crippen LogP contribution in [0.3, 0.4) is 0 Å². The van der Waals surface area contributed by atoms with Gasteiger partial charge < -0.3 is 15.1 Å². The van der Waals surface area contributed by atoms with Gasteiger partial charge in [-0.15, -0.1) is 0 Å². The molecule has 1 heterocycles. The Hall–Kier alpha value is -2.18. The lowest BCUT2D eigenvalue weighted by Gasteiger charge is -2.37. The summed E-state index contributed by atoms with van der Waals surface area (Å²) in [5, 5.41) is 20.1. The number of para-hydroxylation sites is 2. The molecule has 0 bridgehead atoms. The van der Waals surface area contributed by atoms with Crippen LogP contribution in [0.2, 0.25) is 0 Å². The number of aliphatic hydroxyl groups is 1. The van der Waals surface area contributed by atoms with Crippen molar-refractivity contribution in [2.75, 3.05) is 37.6 Å². The number of nitrogens with zero attached hydrogens (tertiary/aromatic N) is 2. The molecule has 1 saturated heterocycles. The predicted molar refractivity (Wildman–Crippen MR) is 88.1 cm³/mol. The first-order valence-electron chi connectivity index (χ1n) is 7.93. The minimum Gasteiger partial charge on any atom is -0.506 e. The Balaban J connectivity index is 1.59. The van der Waals surface area contributed by atoms with Gasteiger partial charge in [-0.2, -0.15) is 0 Å². The average Bonchev–Trinajstić information content (AvgIpc) is 2.58. The lowest BCUT2D eigenvalue weighted by molar-refractivity contribution is 0.106. The van der Waals surface area contributed by atoms with E-state index in [2.05, 4.69) is 4.90 Å². The predicted octanol–water partition coefficient (Wildman–Crippen LogP) is 2.53. The van der Waals surface area contributed by atoms with Crippen LogP contribution in [0.15, 0.2) is 42.5 Å². The van der Waals surface area contributed by atoms with Crippen molar-refractivity contribution >= 4 is 5.69 Å². The van der Waals surface area contributed by atoms with Crippen molar-refractivity contribution in [3.05, 3.63) is 59.7 Å². The van der Waals surface area contributed by atoms with Crippen LogP contribution in [-0.2, 0) is 0 Å². The summed E-state index contributed by atoms with van der Waals surface area (Å²) in [6.07, 6.45) is -1.07. The second-order valence-electron chi connectivity index (χ2n) is 5.96. The molecule has 2 aromatic carbocycles. The molecule has 3 rings (SSSR count). The number of phenolic OH excluding ortho intramolecular Hbond substituents is 1. The van der Waals surface area contributed by atoms with Gasteiger partial charge in [0.05, 0.1) is 11.8 Å². The molecule has 0 saturated carbocycles. The number of piperazine rings is 1. The topological polar surface area (TPSA) is 46.9 Å². The first-order chi connectivity index (χ1) is 11.5. The van der Waals surface area contributed by atoms with Crippen LogP contribution in [0.1, 0.15) is 11.7 Å². The molecule has 1 atom stereocenters. The average molecular weight is 334 g/mol. The molecule has 1 unspecified atom stereocenters. The largest absolute Gasteiger partial charge is 0.506 e. The highest BCUT2D eigenvalue weighted by atomic mass is 19.1. The molecule has 1 aliphatic heterocycles. The Morgan fingerprint density at radius 2 is 1.71 bits per heavy atom. The fourth-order valence-corrected chi connectivity index (χ4v) is 3.02. The molecule has 0 aromatic heterocycles. The summed E-state index contributed by atoms with van der Waals surface area (Å²) in [4.78, 5) is 4.08. The number of anilines is 1. The Bertz CT molecular complexity index is 703. The Labute approximate surface area is 139 Å². The number of benzene rings is 2. The number of rotatable bonds is 4. The van der Waals surface area contributed by atoms with Gasteiger partial charge in [-0.25, -0.2) is 8.78 Å². The second kappa shape index (κ2) is 7.15. The second-order valence-corrected chi connectivity index (χ2v) is 5.96. The van der Waals surface area contributed by atoms with E-state index in [1.165, 1.54) is 0 Å². The van der Waals surface area contributed by atoms with Gasteiger partial charge in [-0.3, -0.25) is 4.90 Å². The van der Waals surface area contributed by atoms with Gasteiger partial charge in [0.2, 0.25) is 0 Å². The van der Waals surface area contributed by atoms with Crippen LogP contribution >= 0.6 is 0 Å². The van der Waals surface area contributed by atoms with Crippen LogP contribution in [0.25, 0.3) is 0 Å². The highest BCUT2D eigenvalue weighted by molar-refractivity contribution is 5.57. The normalized spacial score (nSPS) is 17.0. The molecule has 2 N–H and O–H groups in total. The first-order valence-corrected chi connectivity index (χ1v) is 7.93. The molecular formula is C18H20F2N2O2. The van der Waals surface area contributed by atoms with E-state index in [1.54, 1.807) is 12.1 Å². The summed E-state index contributed by atoms with van der Waals surface area (Å²) >= 11 is 0. The van der Waals surface area contributed by atoms with Gasteiger partial charge in [0.15, 0.2) is 0 Å². The van der Waals surface area contributed by atoms with Gasteiger partial charge in [0.25, 0.3) is 0 Å². The van der Waals surface area contributed by atoms with Gasteiger partial charge in [0.1, 0.15) is 17.4 Å². The third kappa shape index (κ3) is 3.66. The quantitative estimate of drug-likeness (QED) is 0.902. The summed E-state index contributed by atoms with van der Waals surface area (Å²) in [7, 11) is 0. The van der Waals surface area contributed by atoms with Crippen molar-refractivity contribution in [1.82, 2.24) is 4.90 Å². The number of aliphatic hydroxyl groups excluding tert-OH is 1. The maximum absolute atomic E-state index is 13.7. The van der Waals surface area contributed by atoms with E-state index in [9.17, 15) is 19.0 Å². The lowest BCUT2D eigenvalue weighted by Crippen LogP contribution is -2.47. The van der Waals surface area contributed by atoms with Gasteiger partial charge in [0, 0.05) is 38.3 Å². The molecule has 1 aliphatic rings. The van der Waals surface area contributed by atoms with Crippen molar-refractivity contribution in [3.63, 3.8) is 0 Å². The highest BCUT2D eigenvalue weighted by Crippen LogP contribution is 2.27. The van der Waals surface area contributed by atoms with Crippen LogP contribution in [0.5, 0.6) is 5.75 Å². The van der Waals surface area contributed by atoms with E-state index in [1.807, 2.05) is 17.0 Å². The molecule has 0 aliphatic carbocycles. The number of phenols is 1. The van der Waals surface area contributed by atoms with E-state index >= 15 is 0 Å². The molecule has 6 heteroatoms. The number of aromatic hydroxyl groups is 1. The molecule has 0 spiro atoms. The van der Waals surface area contributed by atoms with Crippen LogP contribution in [-0.4, -0.2) is 47.8 Å². The van der Waals surface area contributed by atoms with Crippen molar-refractivity contribution in [3.8, 4) is 5.75 Å². The molecule has 4 nitrogen and oxygen atoms in total. The zero-order valence-corrected chi connectivity index (χ0v) is 13.2. The number of hydrogen-bond acceptors (Lipinski definition) is 4. The first kappa shape index (κ1) is 16.7. The molecule has 0 radical (unpaired) electrons. The molecule has 2 aromatic rings. The molecule has 128 valence electrons. The maximum Gasteiger partial charge on any atom is 0.138 e. The number of halogens is 2. The standard InChI is InChI=1S/C18H20F2N2O2/c19-13-5-6-15(20)14(11-13)18(24)12-21-7-9-22(10-8-21)16-3-1-2-4-17(16)23/h1-6,11,18,23-24H,7-10,12H2. The van der Waals surface area contributed by atoms with Crippen LogP contribution in [0, 0.1) is 11.6 Å². The van der Waals surface area contributed by atoms with Gasteiger partial charge in [-0.1, -0.05) is 12.1 Å². The van der Waals surface area contributed by atoms with E-state index in [0.717, 1.165) is 23.9 Å². The molecular weight excluding hydrogens is 314 g/mol. The van der Waals surface area contributed by atoms with E-state index < -0.39 is 17.7 Å². The fraction of sp³-hybridized carbons (Fsp3) is 0.333. The van der Waals surface area contributed by atoms with Crippen LogP contribution in [0.4, 0.5) is 14.5 Å². The number of β-amino-alcohol motifs (C(OH)–C–C–N with tert-alkyl or cyclic N) is 1. The summed E-state index contributed by atoms with van der Waals surface area (Å²) in [5.41, 5.74) is 0.770. The SMILES string of the molecule is Oc1ccccc1N1CCN(CC(O)c2cc(F)ccc2F)CC1. The highest BCUT2D eigenvalue weighted by Gasteiger charge is 2.22. The van der Waals surface area contributed by atoms with Gasteiger partial charge >= 0.3 is 0 Å². The Kier molecular flexibility index (Phi) is 4.97. The molecule has 24 heavy (non-hydrogen) atoms. The smallest absolute Gasteiger partial charge is 0.138 e. The van der Waals surface area contributed by atoms with E-state index in [-0.39, 0.29) is 17.9 Å². The van der Waals surface area contributed by atoms with Crippen LogP contribution < -0.4 is 4.90 Å². The zero-order chi connectivity index (χ0) is 17.1. The summed E-state index contributed by atoms with van der Waals surface area (Å²) < 4.78 is 27.0. The number of hydrogen-bond donors (Lipinski definition) is 2. The van der Waals surface area contributed by atoms with Crippen molar-refractivity contribution < 1.29 is 19.0 Å². The summed E-state index contributed by atoms with van der Waals surface area (Å²) in [6, 6.07) is 10.3. The minimum absolute atomic E-state index is 0.0156. The van der Waals surface area contributed by atoms with E-state index in [0.29, 0.717) is 26.2 Å². The van der Waals surface area contributed by atoms with Crippen molar-refractivity contribution in [2.24, 2.45) is 0 Å². The molecule has 0 amide bonds. The molecule has 1 fully saturated rings. The minimum atomic E-state index is -1.07. The van der Waals surface area contributed by atoms with Gasteiger partial charge in [-0.05, 0) is 30.3 Å². The summed E-state index contributed by atoms with van der Waals surface area (Å²) in [5.74, 6) is -0.917. The van der Waals surface area contributed by atoms with Crippen molar-refractivity contribution in [2.45, 2.75) is 6.10 Å². The summed E-state index contributed by atoms with van der Waals surface area (Å²) in [6.45, 7) is 2.96.